The molecule has 1 aromatic heterocycles. The normalized spacial score (nSPS) is 11.9. The molecule has 0 amide bonds. The predicted octanol–water partition coefficient (Wildman–Crippen LogP) is 7.96. The zero-order valence-electron chi connectivity index (χ0n) is 18.0. The number of halogens is 1. The summed E-state index contributed by atoms with van der Waals surface area (Å²) in [6, 6.07) is 30.2. The number of fused-ring (bicyclic) bond motifs is 3. The zero-order chi connectivity index (χ0) is 21.6. The molecule has 1 N–H and O–H groups in total. The fraction of sp³-hybridized carbons (Fsp3) is 0.143. The van der Waals surface area contributed by atoms with Crippen LogP contribution in [-0.4, -0.2) is 4.57 Å². The van der Waals surface area contributed by atoms with Crippen LogP contribution in [0.2, 0.25) is 0 Å². The van der Waals surface area contributed by atoms with Crippen molar-refractivity contribution in [2.24, 2.45) is 0 Å². The molecule has 3 heteroatoms. The van der Waals surface area contributed by atoms with Crippen LogP contribution in [0.5, 0.6) is 0 Å². The second-order valence-corrected chi connectivity index (χ2v) is 9.01. The van der Waals surface area contributed by atoms with Gasteiger partial charge in [0.1, 0.15) is 5.82 Å². The van der Waals surface area contributed by atoms with E-state index >= 15 is 0 Å². The molecule has 0 aliphatic carbocycles. The molecule has 0 atom stereocenters. The molecule has 2 nitrogen and oxygen atoms in total. The van der Waals surface area contributed by atoms with Crippen LogP contribution in [0.15, 0.2) is 91.0 Å². The van der Waals surface area contributed by atoms with Crippen molar-refractivity contribution in [2.75, 3.05) is 5.32 Å². The molecule has 0 aliphatic heterocycles. The molecule has 0 unspecified atom stereocenters. The van der Waals surface area contributed by atoms with Crippen LogP contribution in [0.25, 0.3) is 27.5 Å². The Balaban J connectivity index is 1.64. The Kier molecular flexibility index (Phi) is 4.55. The minimum atomic E-state index is -0.235. The first-order valence-electron chi connectivity index (χ1n) is 10.6. The Morgan fingerprint density at radius 1 is 0.677 bits per heavy atom. The molecule has 0 spiro atoms. The SMILES string of the molecule is CC(C)(C)c1ccc(-n2c3ccccc3c3cc(Nc4ccc(F)cc4)ccc32)cc1. The Bertz CT molecular complexity index is 1370. The van der Waals surface area contributed by atoms with Crippen LogP contribution in [0, 0.1) is 5.82 Å². The van der Waals surface area contributed by atoms with Crippen LogP contribution in [0.4, 0.5) is 15.8 Å². The molecule has 0 saturated carbocycles. The van der Waals surface area contributed by atoms with Crippen LogP contribution in [-0.2, 0) is 5.41 Å². The van der Waals surface area contributed by atoms with E-state index in [4.69, 9.17) is 0 Å². The van der Waals surface area contributed by atoms with E-state index in [2.05, 4.69) is 97.4 Å². The smallest absolute Gasteiger partial charge is 0.123 e. The lowest BCUT2D eigenvalue weighted by Gasteiger charge is -2.19. The highest BCUT2D eigenvalue weighted by Gasteiger charge is 2.15. The molecular formula is C28H25FN2. The minimum Gasteiger partial charge on any atom is -0.356 e. The number of anilines is 2. The average Bonchev–Trinajstić information content (AvgIpc) is 3.09. The molecule has 5 aromatic rings. The van der Waals surface area contributed by atoms with Crippen molar-refractivity contribution in [1.29, 1.82) is 0 Å². The number of hydrogen-bond acceptors (Lipinski definition) is 1. The maximum atomic E-state index is 13.2. The van der Waals surface area contributed by atoms with Crippen molar-refractivity contribution < 1.29 is 4.39 Å². The van der Waals surface area contributed by atoms with E-state index in [1.165, 1.54) is 34.0 Å². The highest BCUT2D eigenvalue weighted by molar-refractivity contribution is 6.10. The van der Waals surface area contributed by atoms with Gasteiger partial charge in [0.15, 0.2) is 0 Å². The summed E-state index contributed by atoms with van der Waals surface area (Å²) in [4.78, 5) is 0. The monoisotopic (exact) mass is 408 g/mol. The van der Waals surface area contributed by atoms with Gasteiger partial charge < -0.3 is 9.88 Å². The minimum absolute atomic E-state index is 0.125. The second kappa shape index (κ2) is 7.28. The van der Waals surface area contributed by atoms with Crippen molar-refractivity contribution in [3.8, 4) is 5.69 Å². The Morgan fingerprint density at radius 3 is 2.03 bits per heavy atom. The maximum Gasteiger partial charge on any atom is 0.123 e. The van der Waals surface area contributed by atoms with Crippen LogP contribution in [0.1, 0.15) is 26.3 Å². The lowest BCUT2D eigenvalue weighted by atomic mass is 9.87. The molecular weight excluding hydrogens is 383 g/mol. The maximum absolute atomic E-state index is 13.2. The van der Waals surface area contributed by atoms with Crippen LogP contribution < -0.4 is 5.32 Å². The number of aromatic nitrogens is 1. The third-order valence-corrected chi connectivity index (χ3v) is 5.80. The number of nitrogens with one attached hydrogen (secondary N) is 1. The highest BCUT2D eigenvalue weighted by atomic mass is 19.1. The summed E-state index contributed by atoms with van der Waals surface area (Å²) in [7, 11) is 0. The van der Waals surface area contributed by atoms with Crippen molar-refractivity contribution in [1.82, 2.24) is 4.57 Å². The summed E-state index contributed by atoms with van der Waals surface area (Å²) in [6.45, 7) is 6.70. The van der Waals surface area contributed by atoms with Crippen molar-refractivity contribution in [2.45, 2.75) is 26.2 Å². The number of rotatable bonds is 3. The standard InChI is InChI=1S/C28H25FN2/c1-28(2,3)19-8-15-23(16-9-19)31-26-7-5-4-6-24(26)25-18-22(14-17-27(25)31)30-21-12-10-20(29)11-13-21/h4-18,30H,1-3H3. The first-order chi connectivity index (χ1) is 14.9. The molecule has 0 aliphatic rings. The van der Waals surface area contributed by atoms with Gasteiger partial charge in [-0.15, -0.1) is 0 Å². The van der Waals surface area contributed by atoms with E-state index in [1.54, 1.807) is 12.1 Å². The first kappa shape index (κ1) is 19.4. The summed E-state index contributed by atoms with van der Waals surface area (Å²) in [5.74, 6) is -0.235. The molecule has 1 heterocycles. The van der Waals surface area contributed by atoms with Gasteiger partial charge in [0.25, 0.3) is 0 Å². The topological polar surface area (TPSA) is 17.0 Å². The van der Waals surface area contributed by atoms with E-state index < -0.39 is 0 Å². The van der Waals surface area contributed by atoms with Crippen LogP contribution in [0.3, 0.4) is 0 Å². The predicted molar refractivity (Wildman–Crippen MR) is 129 cm³/mol. The summed E-state index contributed by atoms with van der Waals surface area (Å²) in [6.07, 6.45) is 0. The lowest BCUT2D eigenvalue weighted by Crippen LogP contribution is -2.10. The Hall–Kier alpha value is -3.59. The third-order valence-electron chi connectivity index (χ3n) is 5.80. The molecule has 0 bridgehead atoms. The summed E-state index contributed by atoms with van der Waals surface area (Å²) < 4.78 is 15.6. The molecule has 5 rings (SSSR count). The van der Waals surface area contributed by atoms with Gasteiger partial charge in [0, 0.05) is 27.8 Å². The zero-order valence-corrected chi connectivity index (χ0v) is 18.0. The van der Waals surface area contributed by atoms with Gasteiger partial charge in [0.05, 0.1) is 11.0 Å². The number of nitrogens with zero attached hydrogens (tertiary/aromatic N) is 1. The largest absolute Gasteiger partial charge is 0.356 e. The fourth-order valence-corrected chi connectivity index (χ4v) is 4.14. The van der Waals surface area contributed by atoms with Crippen LogP contribution >= 0.6 is 0 Å². The van der Waals surface area contributed by atoms with E-state index in [-0.39, 0.29) is 11.2 Å². The van der Waals surface area contributed by atoms with Gasteiger partial charge in [-0.1, -0.05) is 51.1 Å². The number of benzene rings is 4. The van der Waals surface area contributed by atoms with E-state index in [9.17, 15) is 4.39 Å². The highest BCUT2D eigenvalue weighted by Crippen LogP contribution is 2.35. The molecule has 0 saturated heterocycles. The van der Waals surface area contributed by atoms with Gasteiger partial charge in [0.2, 0.25) is 0 Å². The van der Waals surface area contributed by atoms with Crippen molar-refractivity contribution in [3.63, 3.8) is 0 Å². The van der Waals surface area contributed by atoms with Gasteiger partial charge in [-0.2, -0.15) is 0 Å². The molecule has 4 aromatic carbocycles. The Morgan fingerprint density at radius 2 is 1.32 bits per heavy atom. The Labute approximate surface area is 182 Å². The number of para-hydroxylation sites is 1. The van der Waals surface area contributed by atoms with E-state index in [0.29, 0.717) is 0 Å². The average molecular weight is 409 g/mol. The van der Waals surface area contributed by atoms with Crippen molar-refractivity contribution >= 4 is 33.2 Å². The van der Waals surface area contributed by atoms with Gasteiger partial charge in [-0.3, -0.25) is 0 Å². The van der Waals surface area contributed by atoms with E-state index in [1.807, 2.05) is 0 Å². The van der Waals surface area contributed by atoms with Gasteiger partial charge >= 0.3 is 0 Å². The summed E-state index contributed by atoms with van der Waals surface area (Å²) >= 11 is 0. The second-order valence-electron chi connectivity index (χ2n) is 9.01. The summed E-state index contributed by atoms with van der Waals surface area (Å²) in [5, 5.41) is 5.78. The van der Waals surface area contributed by atoms with E-state index in [0.717, 1.165) is 22.6 Å². The molecule has 0 radical (unpaired) electrons. The van der Waals surface area contributed by atoms with Crippen molar-refractivity contribution in [3.05, 3.63) is 102 Å². The molecule has 0 fully saturated rings. The fourth-order valence-electron chi connectivity index (χ4n) is 4.14. The quantitative estimate of drug-likeness (QED) is 0.320. The number of hydrogen-bond donors (Lipinski definition) is 1. The van der Waals surface area contributed by atoms with Gasteiger partial charge in [-0.05, 0) is 71.6 Å². The first-order valence-corrected chi connectivity index (χ1v) is 10.6. The van der Waals surface area contributed by atoms with Gasteiger partial charge in [-0.25, -0.2) is 4.39 Å². The molecule has 154 valence electrons. The lowest BCUT2D eigenvalue weighted by molar-refractivity contribution is 0.590. The molecule has 31 heavy (non-hydrogen) atoms. The summed E-state index contributed by atoms with van der Waals surface area (Å²) in [5.41, 5.74) is 6.78. The third kappa shape index (κ3) is 3.57.